The lowest BCUT2D eigenvalue weighted by Gasteiger charge is -2.20. The van der Waals surface area contributed by atoms with Crippen molar-refractivity contribution in [2.45, 2.75) is 45.4 Å². The normalized spacial score (nSPS) is 12.7. The number of nitrogens with zero attached hydrogens (tertiary/aromatic N) is 2. The predicted molar refractivity (Wildman–Crippen MR) is 133 cm³/mol. The molecule has 35 heavy (non-hydrogen) atoms. The number of hydrogen-bond acceptors (Lipinski definition) is 8. The molecule has 8 nitrogen and oxygen atoms in total. The van der Waals surface area contributed by atoms with Crippen LogP contribution in [0.4, 0.5) is 0 Å². The van der Waals surface area contributed by atoms with Crippen molar-refractivity contribution in [3.05, 3.63) is 69.7 Å². The van der Waals surface area contributed by atoms with E-state index in [0.29, 0.717) is 10.6 Å². The fraction of sp³-hybridized carbons (Fsp3) is 0.308. The minimum atomic E-state index is -1.17. The smallest absolute Gasteiger partial charge is 0.333 e. The summed E-state index contributed by atoms with van der Waals surface area (Å²) in [7, 11) is 1.39. The zero-order valence-corrected chi connectivity index (χ0v) is 20.8. The second kappa shape index (κ2) is 11.2. The Kier molecular flexibility index (Phi) is 8.35. The Hall–Kier alpha value is -3.58. The summed E-state index contributed by atoms with van der Waals surface area (Å²) >= 11 is 1.39. The molecule has 2 atom stereocenters. The Labute approximate surface area is 207 Å². The van der Waals surface area contributed by atoms with E-state index in [4.69, 9.17) is 15.2 Å². The zero-order chi connectivity index (χ0) is 25.7. The average molecular weight is 494 g/mol. The summed E-state index contributed by atoms with van der Waals surface area (Å²) in [6, 6.07) is 13.5. The van der Waals surface area contributed by atoms with Gasteiger partial charge in [-0.05, 0) is 38.5 Å². The van der Waals surface area contributed by atoms with Crippen molar-refractivity contribution in [1.29, 1.82) is 5.26 Å². The second-order valence-corrected chi connectivity index (χ2v) is 9.43. The molecule has 3 rings (SSSR count). The van der Waals surface area contributed by atoms with Crippen LogP contribution in [-0.4, -0.2) is 41.2 Å². The number of aliphatic carboxylic acids is 1. The van der Waals surface area contributed by atoms with Gasteiger partial charge in [0.25, 0.3) is 0 Å². The standard InChI is InChI=1S/C26H27N3O5S/c1-14(2)34-20(26(31)32)12-16-10-18(13-27)24(33-4)19(11-16)21(28)23(30)22-15(3)35-25(29-22)17-8-6-5-7-9-17/h5-11,14,20-21H,12,28H2,1-4H3,(H,31,32). The lowest BCUT2D eigenvalue weighted by Crippen LogP contribution is -2.29. The lowest BCUT2D eigenvalue weighted by atomic mass is 9.93. The van der Waals surface area contributed by atoms with E-state index >= 15 is 0 Å². The number of rotatable bonds is 10. The third kappa shape index (κ3) is 5.92. The number of hydrogen-bond donors (Lipinski definition) is 2. The number of carbonyl (C=O) groups is 2. The molecule has 1 aromatic heterocycles. The van der Waals surface area contributed by atoms with E-state index in [2.05, 4.69) is 4.98 Å². The number of aromatic nitrogens is 1. The van der Waals surface area contributed by atoms with Crippen LogP contribution >= 0.6 is 11.3 Å². The third-order valence-corrected chi connectivity index (χ3v) is 6.32. The number of thiazole rings is 1. The molecule has 3 N–H and O–H groups in total. The number of carboxylic acids is 1. The van der Waals surface area contributed by atoms with Gasteiger partial charge in [0, 0.05) is 22.4 Å². The van der Waals surface area contributed by atoms with Gasteiger partial charge in [-0.1, -0.05) is 30.3 Å². The maximum absolute atomic E-state index is 13.4. The largest absolute Gasteiger partial charge is 0.495 e. The first kappa shape index (κ1) is 26.0. The van der Waals surface area contributed by atoms with Gasteiger partial charge in [0.2, 0.25) is 5.78 Å². The van der Waals surface area contributed by atoms with Crippen LogP contribution in [0.2, 0.25) is 0 Å². The van der Waals surface area contributed by atoms with Crippen molar-refractivity contribution in [3.8, 4) is 22.4 Å². The number of Topliss-reactive ketones (excluding diaryl/α,β-unsaturated/α-hetero) is 1. The number of ether oxygens (including phenoxy) is 2. The molecule has 0 fully saturated rings. The van der Waals surface area contributed by atoms with Crippen LogP contribution in [0.15, 0.2) is 42.5 Å². The van der Waals surface area contributed by atoms with Gasteiger partial charge >= 0.3 is 5.97 Å². The first-order valence-corrected chi connectivity index (χ1v) is 11.8. The van der Waals surface area contributed by atoms with Gasteiger partial charge in [0.15, 0.2) is 6.10 Å². The summed E-state index contributed by atoms with van der Waals surface area (Å²) in [4.78, 5) is 30.4. The molecule has 0 aliphatic carbocycles. The van der Waals surface area contributed by atoms with E-state index in [1.807, 2.05) is 36.4 Å². The van der Waals surface area contributed by atoms with E-state index < -0.39 is 23.9 Å². The molecule has 0 radical (unpaired) electrons. The third-order valence-electron chi connectivity index (χ3n) is 5.30. The van der Waals surface area contributed by atoms with E-state index in [1.54, 1.807) is 26.8 Å². The lowest BCUT2D eigenvalue weighted by molar-refractivity contribution is -0.153. The van der Waals surface area contributed by atoms with Crippen LogP contribution in [0.1, 0.15) is 51.9 Å². The number of carbonyl (C=O) groups excluding carboxylic acids is 1. The number of aryl methyl sites for hydroxylation is 1. The maximum Gasteiger partial charge on any atom is 0.333 e. The molecule has 0 saturated heterocycles. The number of methoxy groups -OCH3 is 1. The topological polar surface area (TPSA) is 136 Å². The Morgan fingerprint density at radius 1 is 1.23 bits per heavy atom. The van der Waals surface area contributed by atoms with Crippen LogP contribution < -0.4 is 10.5 Å². The van der Waals surface area contributed by atoms with Crippen molar-refractivity contribution >= 4 is 23.1 Å². The number of nitrogens with two attached hydrogens (primary N) is 1. The predicted octanol–water partition coefficient (Wildman–Crippen LogP) is 4.30. The minimum Gasteiger partial charge on any atom is -0.495 e. The van der Waals surface area contributed by atoms with Gasteiger partial charge < -0.3 is 20.3 Å². The quantitative estimate of drug-likeness (QED) is 0.399. The Morgan fingerprint density at radius 2 is 1.91 bits per heavy atom. The first-order chi connectivity index (χ1) is 16.7. The molecule has 0 aliphatic heterocycles. The molecular weight excluding hydrogens is 466 g/mol. The van der Waals surface area contributed by atoms with Crippen LogP contribution in [0.25, 0.3) is 10.6 Å². The van der Waals surface area contributed by atoms with Gasteiger partial charge in [-0.25, -0.2) is 9.78 Å². The van der Waals surface area contributed by atoms with Crippen LogP contribution in [-0.2, 0) is 16.0 Å². The van der Waals surface area contributed by atoms with Gasteiger partial charge in [0.05, 0.1) is 24.8 Å². The highest BCUT2D eigenvalue weighted by atomic mass is 32.1. The number of nitriles is 1. The summed E-state index contributed by atoms with van der Waals surface area (Å²) in [5, 5.41) is 19.9. The summed E-state index contributed by atoms with van der Waals surface area (Å²) in [6.07, 6.45) is -1.43. The zero-order valence-electron chi connectivity index (χ0n) is 19.9. The Bertz CT molecular complexity index is 1260. The molecule has 0 amide bonds. The van der Waals surface area contributed by atoms with Crippen molar-refractivity contribution in [3.63, 3.8) is 0 Å². The molecule has 0 aliphatic rings. The van der Waals surface area contributed by atoms with Crippen LogP contribution in [0.3, 0.4) is 0 Å². The molecule has 9 heteroatoms. The second-order valence-electron chi connectivity index (χ2n) is 8.23. The summed E-state index contributed by atoms with van der Waals surface area (Å²) in [5.41, 5.74) is 8.48. The van der Waals surface area contributed by atoms with Crippen molar-refractivity contribution in [2.24, 2.45) is 5.73 Å². The molecule has 0 bridgehead atoms. The molecule has 182 valence electrons. The Balaban J connectivity index is 2.01. The van der Waals surface area contributed by atoms with Crippen molar-refractivity contribution in [2.75, 3.05) is 7.11 Å². The molecule has 0 spiro atoms. The van der Waals surface area contributed by atoms with Gasteiger partial charge in [-0.15, -0.1) is 11.3 Å². The number of carboxylic acid groups (broad SMARTS) is 1. The van der Waals surface area contributed by atoms with Gasteiger partial charge in [0.1, 0.15) is 22.5 Å². The van der Waals surface area contributed by atoms with E-state index in [0.717, 1.165) is 10.4 Å². The Morgan fingerprint density at radius 3 is 2.49 bits per heavy atom. The summed E-state index contributed by atoms with van der Waals surface area (Å²) in [5.74, 6) is -1.38. The maximum atomic E-state index is 13.4. The van der Waals surface area contributed by atoms with E-state index in [-0.39, 0.29) is 35.1 Å². The molecule has 2 aromatic carbocycles. The fourth-order valence-corrected chi connectivity index (χ4v) is 4.65. The number of benzene rings is 2. The van der Waals surface area contributed by atoms with E-state index in [9.17, 15) is 20.0 Å². The molecule has 2 unspecified atom stereocenters. The van der Waals surface area contributed by atoms with Gasteiger partial charge in [-0.3, -0.25) is 4.79 Å². The summed E-state index contributed by atoms with van der Waals surface area (Å²) in [6.45, 7) is 5.29. The molecular formula is C26H27N3O5S. The highest BCUT2D eigenvalue weighted by Gasteiger charge is 2.29. The minimum absolute atomic E-state index is 0.00597. The average Bonchev–Trinajstić information content (AvgIpc) is 3.23. The SMILES string of the molecule is COc1c(C#N)cc(CC(OC(C)C)C(=O)O)cc1C(N)C(=O)c1nc(-c2ccccc2)sc1C. The van der Waals surface area contributed by atoms with Gasteiger partial charge in [-0.2, -0.15) is 5.26 Å². The van der Waals surface area contributed by atoms with E-state index in [1.165, 1.54) is 24.5 Å². The molecule has 3 aromatic rings. The summed E-state index contributed by atoms with van der Waals surface area (Å²) < 4.78 is 10.9. The fourth-order valence-electron chi connectivity index (χ4n) is 3.73. The molecule has 0 saturated carbocycles. The monoisotopic (exact) mass is 493 g/mol. The van der Waals surface area contributed by atoms with Crippen LogP contribution in [0.5, 0.6) is 5.75 Å². The van der Waals surface area contributed by atoms with Crippen molar-refractivity contribution in [1.82, 2.24) is 4.98 Å². The highest BCUT2D eigenvalue weighted by molar-refractivity contribution is 7.15. The van der Waals surface area contributed by atoms with Crippen molar-refractivity contribution < 1.29 is 24.2 Å². The highest BCUT2D eigenvalue weighted by Crippen LogP contribution is 2.34. The number of ketones is 1. The first-order valence-electron chi connectivity index (χ1n) is 11.0. The molecule has 1 heterocycles. The van der Waals surface area contributed by atoms with Crippen LogP contribution in [0, 0.1) is 18.3 Å².